The molecular formula is C22H19Cl5N2O2. The Hall–Kier alpha value is -1.43. The van der Waals surface area contributed by atoms with Crippen molar-refractivity contribution in [2.45, 2.75) is 20.5 Å². The summed E-state index contributed by atoms with van der Waals surface area (Å²) >= 11 is 30.0. The predicted octanol–water partition coefficient (Wildman–Crippen LogP) is 7.27. The summed E-state index contributed by atoms with van der Waals surface area (Å²) in [5.74, 6) is -0.0166. The van der Waals surface area contributed by atoms with Crippen molar-refractivity contribution >= 4 is 70.1 Å². The first kappa shape index (κ1) is 24.2. The zero-order valence-electron chi connectivity index (χ0n) is 16.6. The molecule has 9 heteroatoms. The lowest BCUT2D eigenvalue weighted by molar-refractivity contribution is -0.123. The van der Waals surface area contributed by atoms with E-state index in [1.165, 1.54) is 6.21 Å². The number of nitrogens with zero attached hydrogens (tertiary/aromatic N) is 1. The summed E-state index contributed by atoms with van der Waals surface area (Å²) in [4.78, 5) is 12.5. The summed E-state index contributed by atoms with van der Waals surface area (Å²) in [6, 6.07) is 10.3. The normalized spacial score (nSPS) is 19.2. The number of rotatable bonds is 7. The van der Waals surface area contributed by atoms with Crippen LogP contribution in [0.25, 0.3) is 0 Å². The molecule has 2 atom stereocenters. The summed E-state index contributed by atoms with van der Waals surface area (Å²) in [6.45, 7) is 4.11. The molecule has 0 unspecified atom stereocenters. The van der Waals surface area contributed by atoms with Gasteiger partial charge >= 0.3 is 0 Å². The molecule has 0 saturated heterocycles. The smallest absolute Gasteiger partial charge is 0.244 e. The van der Waals surface area contributed by atoms with Crippen LogP contribution >= 0.6 is 58.0 Å². The van der Waals surface area contributed by atoms with Gasteiger partial charge in [0.1, 0.15) is 16.8 Å². The Labute approximate surface area is 206 Å². The number of hydrogen-bond acceptors (Lipinski definition) is 3. The van der Waals surface area contributed by atoms with Gasteiger partial charge in [-0.25, -0.2) is 5.43 Å². The van der Waals surface area contributed by atoms with E-state index in [9.17, 15) is 4.79 Å². The number of carbonyl (C=O) groups is 1. The topological polar surface area (TPSA) is 50.7 Å². The van der Waals surface area contributed by atoms with Gasteiger partial charge in [0.05, 0.1) is 12.1 Å². The third-order valence-electron chi connectivity index (χ3n) is 5.28. The second-order valence-corrected chi connectivity index (χ2v) is 9.95. The molecule has 4 nitrogen and oxygen atoms in total. The van der Waals surface area contributed by atoms with Crippen molar-refractivity contribution in [3.63, 3.8) is 0 Å². The van der Waals surface area contributed by atoms with Crippen LogP contribution in [0.1, 0.15) is 25.0 Å². The highest BCUT2D eigenvalue weighted by Gasteiger charge is 2.60. The molecule has 0 spiro atoms. The number of hydrazone groups is 1. The van der Waals surface area contributed by atoms with E-state index in [1.807, 2.05) is 13.8 Å². The molecule has 0 bridgehead atoms. The number of benzene rings is 2. The second kappa shape index (κ2) is 10.0. The number of hydrogen-bond donors (Lipinski definition) is 1. The van der Waals surface area contributed by atoms with E-state index in [0.29, 0.717) is 31.9 Å². The van der Waals surface area contributed by atoms with Crippen molar-refractivity contribution in [3.8, 4) is 5.75 Å². The summed E-state index contributed by atoms with van der Waals surface area (Å²) in [5.41, 5.74) is 3.58. The predicted molar refractivity (Wildman–Crippen MR) is 129 cm³/mol. The fourth-order valence-corrected chi connectivity index (χ4v) is 4.39. The largest absolute Gasteiger partial charge is 0.488 e. The zero-order valence-corrected chi connectivity index (χ0v) is 20.4. The molecule has 1 amide bonds. The fourth-order valence-electron chi connectivity index (χ4n) is 3.43. The Morgan fingerprint density at radius 1 is 1.16 bits per heavy atom. The lowest BCUT2D eigenvalue weighted by Crippen LogP contribution is -2.22. The maximum atomic E-state index is 12.5. The van der Waals surface area contributed by atoms with Crippen LogP contribution in [0.5, 0.6) is 5.75 Å². The van der Waals surface area contributed by atoms with Crippen LogP contribution in [0.3, 0.4) is 0 Å². The highest BCUT2D eigenvalue weighted by molar-refractivity contribution is 6.55. The lowest BCUT2D eigenvalue weighted by Gasteiger charge is -2.12. The minimum atomic E-state index is -0.269. The lowest BCUT2D eigenvalue weighted by atomic mass is 10.1. The maximum Gasteiger partial charge on any atom is 0.244 e. The molecule has 1 aliphatic carbocycles. The van der Waals surface area contributed by atoms with Gasteiger partial charge in [0.15, 0.2) is 0 Å². The van der Waals surface area contributed by atoms with Crippen molar-refractivity contribution in [2.24, 2.45) is 22.4 Å². The standard InChI is InChI=1S/C22H19Cl5N2O2/c1-22(2)15(9-19(26)27)20(22)21(30)29-28-10-12-8-13(23)6-7-18(12)31-11-14-16(24)4-3-5-17(14)25/h3-10,15,20H,11H2,1-2H3,(H,29,30)/t15-,20+/m1/s1. The van der Waals surface area contributed by atoms with Gasteiger partial charge in [-0.2, -0.15) is 5.10 Å². The summed E-state index contributed by atoms with van der Waals surface area (Å²) in [7, 11) is 0. The van der Waals surface area contributed by atoms with Gasteiger partial charge in [0.25, 0.3) is 0 Å². The minimum absolute atomic E-state index is 0.0434. The van der Waals surface area contributed by atoms with E-state index >= 15 is 0 Å². The van der Waals surface area contributed by atoms with E-state index in [1.54, 1.807) is 42.5 Å². The van der Waals surface area contributed by atoms with Gasteiger partial charge in [-0.05, 0) is 47.7 Å². The zero-order chi connectivity index (χ0) is 22.8. The molecule has 0 radical (unpaired) electrons. The third kappa shape index (κ3) is 5.88. The molecule has 0 aromatic heterocycles. The van der Waals surface area contributed by atoms with E-state index in [4.69, 9.17) is 62.7 Å². The molecule has 2 aromatic carbocycles. The molecule has 1 aliphatic rings. The number of carbonyl (C=O) groups excluding carboxylic acids is 1. The number of halogens is 5. The third-order valence-corrected chi connectivity index (χ3v) is 6.48. The second-order valence-electron chi connectivity index (χ2n) is 7.69. The number of ether oxygens (including phenoxy) is 1. The van der Waals surface area contributed by atoms with Gasteiger partial charge in [-0.1, -0.05) is 77.9 Å². The Bertz CT molecular complexity index is 1030. The van der Waals surface area contributed by atoms with Crippen LogP contribution in [-0.4, -0.2) is 12.1 Å². The van der Waals surface area contributed by atoms with Crippen LogP contribution < -0.4 is 10.2 Å². The van der Waals surface area contributed by atoms with Gasteiger partial charge in [-0.15, -0.1) is 0 Å². The van der Waals surface area contributed by atoms with Gasteiger partial charge in [-0.3, -0.25) is 4.79 Å². The Balaban J connectivity index is 1.69. The van der Waals surface area contributed by atoms with Crippen molar-refractivity contribution in [3.05, 3.63) is 73.2 Å². The van der Waals surface area contributed by atoms with Crippen molar-refractivity contribution in [1.29, 1.82) is 0 Å². The molecule has 0 heterocycles. The quantitative estimate of drug-likeness (QED) is 0.308. The fraction of sp³-hybridized carbons (Fsp3) is 0.273. The monoisotopic (exact) mass is 518 g/mol. The van der Waals surface area contributed by atoms with E-state index in [0.717, 1.165) is 0 Å². The number of allylic oxidation sites excluding steroid dienone is 1. The summed E-state index contributed by atoms with van der Waals surface area (Å²) < 4.78 is 6.03. The average molecular weight is 521 g/mol. The molecule has 31 heavy (non-hydrogen) atoms. The first-order valence-corrected chi connectivity index (χ1v) is 11.2. The van der Waals surface area contributed by atoms with Crippen LogP contribution in [-0.2, 0) is 11.4 Å². The molecular weight excluding hydrogens is 502 g/mol. The Morgan fingerprint density at radius 3 is 2.48 bits per heavy atom. The average Bonchev–Trinajstić information content (AvgIpc) is 3.21. The van der Waals surface area contributed by atoms with Crippen LogP contribution in [0.15, 0.2) is 52.1 Å². The first-order valence-electron chi connectivity index (χ1n) is 9.32. The first-order chi connectivity index (χ1) is 14.6. The van der Waals surface area contributed by atoms with Crippen molar-refractivity contribution in [1.82, 2.24) is 5.43 Å². The van der Waals surface area contributed by atoms with E-state index < -0.39 is 0 Å². The van der Waals surface area contributed by atoms with Gasteiger partial charge < -0.3 is 4.74 Å². The van der Waals surface area contributed by atoms with Crippen molar-refractivity contribution in [2.75, 3.05) is 0 Å². The highest BCUT2D eigenvalue weighted by Crippen LogP contribution is 2.59. The SMILES string of the molecule is CC1(C)[C@H](C=C(Cl)Cl)[C@H]1C(=O)NN=Cc1cc(Cl)ccc1OCc1c(Cl)cccc1Cl. The van der Waals surface area contributed by atoms with Gasteiger partial charge in [0, 0.05) is 26.2 Å². The van der Waals surface area contributed by atoms with Gasteiger partial charge in [0.2, 0.25) is 5.91 Å². The maximum absolute atomic E-state index is 12.5. The number of nitrogens with one attached hydrogen (secondary N) is 1. The van der Waals surface area contributed by atoms with Crippen LogP contribution in [0, 0.1) is 17.3 Å². The molecule has 3 rings (SSSR count). The molecule has 1 fully saturated rings. The highest BCUT2D eigenvalue weighted by atomic mass is 35.5. The Kier molecular flexibility index (Phi) is 7.82. The molecule has 164 valence electrons. The van der Waals surface area contributed by atoms with Crippen LogP contribution in [0.2, 0.25) is 15.1 Å². The minimum Gasteiger partial charge on any atom is -0.488 e. The van der Waals surface area contributed by atoms with E-state index in [-0.39, 0.29) is 34.3 Å². The number of amides is 1. The summed E-state index contributed by atoms with van der Waals surface area (Å²) in [6.07, 6.45) is 3.15. The molecule has 1 saturated carbocycles. The van der Waals surface area contributed by atoms with E-state index in [2.05, 4.69) is 10.5 Å². The molecule has 0 aliphatic heterocycles. The Morgan fingerprint density at radius 2 is 1.84 bits per heavy atom. The molecule has 2 aromatic rings. The van der Waals surface area contributed by atoms with Crippen LogP contribution in [0.4, 0.5) is 0 Å². The van der Waals surface area contributed by atoms with Crippen molar-refractivity contribution < 1.29 is 9.53 Å². The summed E-state index contributed by atoms with van der Waals surface area (Å²) in [5, 5.41) is 5.59. The molecule has 1 N–H and O–H groups in total.